The number of urea groups is 1. The van der Waals surface area contributed by atoms with Gasteiger partial charge in [0.25, 0.3) is 11.8 Å². The predicted octanol–water partition coefficient (Wildman–Crippen LogP) is 9.71. The van der Waals surface area contributed by atoms with Crippen molar-refractivity contribution in [1.29, 1.82) is 5.53 Å². The number of carboxylic acids is 2. The van der Waals surface area contributed by atoms with E-state index in [-0.39, 0.29) is 142 Å². The summed E-state index contributed by atoms with van der Waals surface area (Å²) in [5.74, 6) is -7.90. The summed E-state index contributed by atoms with van der Waals surface area (Å²) in [6.45, 7) is 13.9. The van der Waals surface area contributed by atoms with Crippen LogP contribution in [-0.2, 0) is 65.7 Å². The van der Waals surface area contributed by atoms with Crippen molar-refractivity contribution in [2.45, 2.75) is 231 Å². The molecule has 5 aromatic rings. The molecule has 1 saturated carbocycles. The van der Waals surface area contributed by atoms with Crippen LogP contribution in [0.25, 0.3) is 11.2 Å². The summed E-state index contributed by atoms with van der Waals surface area (Å²) in [5.41, 5.74) is 31.1. The van der Waals surface area contributed by atoms with Gasteiger partial charge in [0.1, 0.15) is 42.9 Å². The van der Waals surface area contributed by atoms with Gasteiger partial charge in [0.05, 0.1) is 55.1 Å². The summed E-state index contributed by atoms with van der Waals surface area (Å²) in [6, 6.07) is 11.3. The number of anilines is 4. The molecule has 22 N–H and O–H groups in total. The van der Waals surface area contributed by atoms with Gasteiger partial charge in [0.15, 0.2) is 11.2 Å². The first-order chi connectivity index (χ1) is 65.1. The number of rotatable bonds is 50. The number of cyclic esters (lactones) is 1. The molecule has 2 fully saturated rings. The second-order valence-corrected chi connectivity index (χ2v) is 34.8. The first-order valence-corrected chi connectivity index (χ1v) is 45.9. The zero-order valence-electron chi connectivity index (χ0n) is 77.6. The van der Waals surface area contributed by atoms with Gasteiger partial charge < -0.3 is 115 Å². The number of hydrogen-bond donors (Lipinski definition) is 19. The third kappa shape index (κ3) is 34.2. The van der Waals surface area contributed by atoms with Gasteiger partial charge in [0.2, 0.25) is 35.5 Å². The number of aliphatic carboxylic acids is 2. The predicted molar refractivity (Wildman–Crippen MR) is 505 cm³/mol. The molecular formula is C96H128N20O20. The zero-order chi connectivity index (χ0) is 98.5. The van der Waals surface area contributed by atoms with E-state index < -0.39 is 138 Å². The van der Waals surface area contributed by atoms with Crippen molar-refractivity contribution in [2.75, 3.05) is 47.9 Å². The fraction of sp³-hybridized carbons (Fsp3) is 0.479. The molecule has 0 bridgehead atoms. The highest BCUT2D eigenvalue weighted by Crippen LogP contribution is 2.54. The molecule has 4 heterocycles. The number of aromatic nitrogens is 4. The number of nitrogens with two attached hydrogens (primary N) is 3. The van der Waals surface area contributed by atoms with Gasteiger partial charge >= 0.3 is 36.1 Å². The molecule has 1 saturated heterocycles. The van der Waals surface area contributed by atoms with Crippen molar-refractivity contribution >= 4 is 106 Å². The zero-order valence-corrected chi connectivity index (χ0v) is 77.6. The number of aromatic hydroxyl groups is 1. The molecule has 15 atom stereocenters. The van der Waals surface area contributed by atoms with Crippen LogP contribution in [0.1, 0.15) is 190 Å². The van der Waals surface area contributed by atoms with Gasteiger partial charge in [0, 0.05) is 78.2 Å². The minimum atomic E-state index is -1.54. The number of unbranched alkanes of at least 4 members (excludes halogenated alkanes) is 2. The number of carbonyl (C=O) groups is 12. The molecule has 0 spiro atoms. The molecule has 2 aliphatic carbocycles. The maximum Gasteiger partial charge on any atom is 0.408 e. The molecule has 2 aliphatic heterocycles. The third-order valence-electron chi connectivity index (χ3n) is 23.8. The Morgan fingerprint density at radius 1 is 0.713 bits per heavy atom. The van der Waals surface area contributed by atoms with E-state index in [9.17, 15) is 78.0 Å². The Kier molecular flexibility index (Phi) is 41.3. The van der Waals surface area contributed by atoms with Crippen LogP contribution in [0.2, 0.25) is 0 Å². The monoisotopic (exact) mass is 1880 g/mol. The number of esters is 1. The topological polar surface area (TPSA) is 621 Å². The highest BCUT2D eigenvalue weighted by atomic mass is 16.6. The standard InChI is InChI=1S/C96H128N20O20/c1-8-16-78-58(7)77(117)49-79(136-78)72(21-13-17-55(4)47-57(6)48-56(5)24-37-66-18-14-23-81(119)135-66)112-95(131)133-52-59-25-31-64(32-26-59)107-87(122)74(22-15-46-102-94(99)130)109-89(124)82(54(2)3)113-96(132)134-53-69-67-38-40-70(71(116-100)41-39-68(67)69)105-63-35-29-60(30-36-63)85(120)101-45-12-10-19-73(88(123)111-75(91(126)127)20-9-11-44-97)108-80(118)43-42-76(92(128)129)110-86(121)61-27-33-62(34-28-61)103-50-65-51-104-84-83(106-65)90(125)115-93(98)114-84/h8,13-14,16-17,21,23-37,48,51,54,57-58,66-69,72-79,82,100,103,105,117H,9-12,15,18-20,22,38-47,49-50,52-53,97H2,1-7H3,(H,101,120)(H,107,122)(H,108,118)(H,109,124)(H,110,121)(H,111,123)(H,112,131)(H,113,132)(H,126,127)(H,128,129)(H3,99,102,130)(H3,98,104,114,115,125)/b16-8+,21-13+,37-24+,55-17+,56-48-,71-70-,116-100?/t57-,58+,66-,67+,68-,69+,72-,73+,74+,75-,76+,77-,78+,79+,82+/m1/s1. The van der Waals surface area contributed by atoms with Gasteiger partial charge in [-0.2, -0.15) is 15.1 Å². The summed E-state index contributed by atoms with van der Waals surface area (Å²) in [6.07, 6.45) is 21.2. The van der Waals surface area contributed by atoms with Crippen molar-refractivity contribution in [2.24, 2.45) is 52.1 Å². The van der Waals surface area contributed by atoms with Crippen LogP contribution in [0.15, 0.2) is 167 Å². The van der Waals surface area contributed by atoms with Crippen molar-refractivity contribution < 1.29 is 96.9 Å². The summed E-state index contributed by atoms with van der Waals surface area (Å²) in [5, 5.41) is 75.8. The quantitative estimate of drug-likeness (QED) is 0.00430. The van der Waals surface area contributed by atoms with Crippen molar-refractivity contribution in [3.63, 3.8) is 0 Å². The number of aliphatic hydroxyl groups is 1. The lowest BCUT2D eigenvalue weighted by Crippen LogP contribution is -2.54. The molecule has 136 heavy (non-hydrogen) atoms. The fourth-order valence-corrected chi connectivity index (χ4v) is 16.3. The van der Waals surface area contributed by atoms with Crippen LogP contribution >= 0.6 is 0 Å². The summed E-state index contributed by atoms with van der Waals surface area (Å²) < 4.78 is 23.3. The largest absolute Gasteiger partial charge is 0.492 e. The number of alkyl carbamates (subject to hydrolysis) is 2. The summed E-state index contributed by atoms with van der Waals surface area (Å²) in [7, 11) is 0. The number of carbonyl (C=O) groups excluding carboxylic acids is 10. The van der Waals surface area contributed by atoms with Gasteiger partial charge in [-0.25, -0.2) is 44.3 Å². The lowest BCUT2D eigenvalue weighted by Gasteiger charge is -2.39. The van der Waals surface area contributed by atoms with Crippen LogP contribution in [0.3, 0.4) is 0 Å². The number of primary amides is 1. The molecule has 0 unspecified atom stereocenters. The Hall–Kier alpha value is -14.0. The lowest BCUT2D eigenvalue weighted by molar-refractivity contribution is -0.142. The van der Waals surface area contributed by atoms with E-state index in [1.54, 1.807) is 80.6 Å². The number of carboxylic acid groups (broad SMARTS) is 2. The number of nitrogen functional groups attached to an aromatic ring is 1. The molecular weight excluding hydrogens is 1750 g/mol. The van der Waals surface area contributed by atoms with E-state index in [0.29, 0.717) is 103 Å². The minimum absolute atomic E-state index is 0.00817. The van der Waals surface area contributed by atoms with Gasteiger partial charge in [-0.15, -0.1) is 0 Å². The summed E-state index contributed by atoms with van der Waals surface area (Å²) in [4.78, 5) is 174. The number of allylic oxidation sites excluding steroid dienone is 9. The Morgan fingerprint density at radius 3 is 2.04 bits per heavy atom. The van der Waals surface area contributed by atoms with E-state index in [0.717, 1.165) is 17.6 Å². The molecule has 40 heteroatoms. The van der Waals surface area contributed by atoms with Gasteiger partial charge in [-0.1, -0.05) is 99.6 Å². The second kappa shape index (κ2) is 53.2. The average Bonchev–Trinajstić information content (AvgIpc) is 1.62. The molecule has 40 nitrogen and oxygen atoms in total. The Morgan fingerprint density at radius 2 is 1.36 bits per heavy atom. The number of benzene rings is 3. The van der Waals surface area contributed by atoms with E-state index in [4.69, 9.17) is 41.7 Å². The van der Waals surface area contributed by atoms with Crippen molar-refractivity contribution in [3.8, 4) is 5.88 Å². The van der Waals surface area contributed by atoms with Crippen molar-refractivity contribution in [3.05, 3.63) is 185 Å². The number of hydrogen-bond acceptors (Lipinski definition) is 28. The maximum atomic E-state index is 14.2. The fourth-order valence-electron chi connectivity index (χ4n) is 16.3. The molecule has 2 aromatic heterocycles. The molecule has 3 aromatic carbocycles. The number of fused-ring (bicyclic) bond motifs is 2. The number of amides is 10. The number of ether oxygens (including phenoxy) is 4. The van der Waals surface area contributed by atoms with E-state index >= 15 is 0 Å². The van der Waals surface area contributed by atoms with Crippen LogP contribution in [-0.4, -0.2) is 199 Å². The second-order valence-electron chi connectivity index (χ2n) is 34.8. The number of nitrogens with zero attached hydrogens (tertiary/aromatic N) is 5. The molecule has 9 rings (SSSR count). The number of nitrogens with one attached hydrogen (secondary N) is 12. The average molecular weight is 1880 g/mol. The van der Waals surface area contributed by atoms with Gasteiger partial charge in [-0.3, -0.25) is 28.8 Å². The Balaban J connectivity index is 0.708. The van der Waals surface area contributed by atoms with Crippen LogP contribution in [0, 0.1) is 41.0 Å². The van der Waals surface area contributed by atoms with Crippen molar-refractivity contribution in [1.82, 2.24) is 62.5 Å². The van der Waals surface area contributed by atoms with E-state index in [2.05, 4.69) is 96.5 Å². The third-order valence-corrected chi connectivity index (χ3v) is 23.8. The number of aliphatic hydroxyl groups excluding tert-OH is 1. The highest BCUT2D eigenvalue weighted by Gasteiger charge is 2.50. The van der Waals surface area contributed by atoms with Crippen LogP contribution < -0.4 is 75.7 Å². The molecule has 0 radical (unpaired) electrons. The summed E-state index contributed by atoms with van der Waals surface area (Å²) >= 11 is 0. The smallest absolute Gasteiger partial charge is 0.408 e. The molecule has 4 aliphatic rings. The first kappa shape index (κ1) is 106. The lowest BCUT2D eigenvalue weighted by atomic mass is 9.87. The normalized spacial score (nSPS) is 20.4. The molecule has 732 valence electrons. The maximum absolute atomic E-state index is 14.2. The van der Waals surface area contributed by atoms with E-state index in [1.165, 1.54) is 24.4 Å². The SMILES string of the molecule is C/C=C/[C@@H]1O[C@H]([C@@H](/C=C/C=C(\C)C[C@@H](C)/C=C(C)\C=C\[C@H]2CC=CC(=O)O2)NC(=O)OCc2ccc(NC(=O)[C@H](CCCNC(N)=O)NC(=O)[C@@H](NC(=O)OC[C@@H]3[C@@H]4CC/C(N=N)=C(/Nc5ccc(C(=O)NCCCC[C@H](NC(=O)CC[C@H](NC(=O)c6ccc(NCc7cnc8nc(N)nc(O)c8n7)cc6)C(=O)O)C(=O)N[C@H](CCCCN)C(=O)O)cc5)CC[C@@H]43)C(C)C)cc2)C[C@@H](O)[C@@H]1C. The van der Waals surface area contributed by atoms with Crippen LogP contribution in [0.5, 0.6) is 5.88 Å². The Labute approximate surface area is 788 Å². The highest BCUT2D eigenvalue weighted by molar-refractivity contribution is 5.99. The minimum Gasteiger partial charge on any atom is -0.492 e. The first-order valence-electron chi connectivity index (χ1n) is 45.9. The Bertz CT molecular complexity index is 5220. The molecule has 10 amide bonds. The van der Waals surface area contributed by atoms with Gasteiger partial charge in [-0.05, 0) is 219 Å². The van der Waals surface area contributed by atoms with Crippen LogP contribution in [0.4, 0.5) is 37.4 Å². The van der Waals surface area contributed by atoms with E-state index in [1.807, 2.05) is 70.2 Å².